The third kappa shape index (κ3) is 5.01. The molecule has 33 heavy (non-hydrogen) atoms. The van der Waals surface area contributed by atoms with Crippen LogP contribution in [-0.2, 0) is 4.74 Å². The van der Waals surface area contributed by atoms with Crippen LogP contribution in [0.2, 0.25) is 0 Å². The molecule has 1 N–H and O–H groups in total. The molecule has 0 bridgehead atoms. The number of amides is 2. The van der Waals surface area contributed by atoms with Crippen LogP contribution >= 0.6 is 0 Å². The van der Waals surface area contributed by atoms with Gasteiger partial charge in [0, 0.05) is 44.1 Å². The van der Waals surface area contributed by atoms with Crippen LogP contribution in [0.1, 0.15) is 31.1 Å². The summed E-state index contributed by atoms with van der Waals surface area (Å²) in [4.78, 5) is 45.5. The first-order valence-corrected chi connectivity index (χ1v) is 10.6. The molecule has 168 valence electrons. The quantitative estimate of drug-likeness (QED) is 0.608. The van der Waals surface area contributed by atoms with Crippen LogP contribution in [0.25, 0.3) is 0 Å². The van der Waals surface area contributed by atoms with Crippen molar-refractivity contribution < 1.29 is 19.1 Å². The fourth-order valence-electron chi connectivity index (χ4n) is 3.76. The average molecular weight is 444 g/mol. The van der Waals surface area contributed by atoms with E-state index in [0.717, 1.165) is 5.69 Å². The monoisotopic (exact) mass is 444 g/mol. The number of piperazine rings is 1. The average Bonchev–Trinajstić information content (AvgIpc) is 2.89. The first-order chi connectivity index (χ1) is 16.1. The topological polar surface area (TPSA) is 91.8 Å². The van der Waals surface area contributed by atoms with Crippen molar-refractivity contribution in [3.63, 3.8) is 0 Å². The molecule has 3 aromatic rings. The van der Waals surface area contributed by atoms with Gasteiger partial charge >= 0.3 is 5.97 Å². The van der Waals surface area contributed by atoms with Gasteiger partial charge in [-0.05, 0) is 42.5 Å². The number of carbonyl (C=O) groups excluding carboxylic acids is 3. The normalized spacial score (nSPS) is 13.4. The van der Waals surface area contributed by atoms with Gasteiger partial charge in [0.15, 0.2) is 0 Å². The minimum atomic E-state index is -0.489. The number of anilines is 2. The molecule has 2 amide bonds. The molecule has 1 fully saturated rings. The van der Waals surface area contributed by atoms with Crippen LogP contribution in [0.15, 0.2) is 73.1 Å². The van der Waals surface area contributed by atoms with Crippen molar-refractivity contribution in [1.29, 1.82) is 0 Å². The van der Waals surface area contributed by atoms with Crippen molar-refractivity contribution in [1.82, 2.24) is 9.88 Å². The van der Waals surface area contributed by atoms with Crippen molar-refractivity contribution in [2.45, 2.75) is 0 Å². The highest BCUT2D eigenvalue weighted by atomic mass is 16.5. The van der Waals surface area contributed by atoms with E-state index in [0.29, 0.717) is 48.6 Å². The summed E-state index contributed by atoms with van der Waals surface area (Å²) in [5.74, 6) is -0.817. The van der Waals surface area contributed by atoms with Gasteiger partial charge in [0.2, 0.25) is 0 Å². The third-order valence-corrected chi connectivity index (χ3v) is 5.52. The Labute approximate surface area is 191 Å². The van der Waals surface area contributed by atoms with E-state index >= 15 is 0 Å². The van der Waals surface area contributed by atoms with Crippen molar-refractivity contribution in [3.8, 4) is 0 Å². The predicted octanol–water partition coefficient (Wildman–Crippen LogP) is 3.08. The zero-order chi connectivity index (χ0) is 23.2. The number of benzene rings is 2. The van der Waals surface area contributed by atoms with Crippen molar-refractivity contribution in [2.24, 2.45) is 0 Å². The Kier molecular flexibility index (Phi) is 6.64. The van der Waals surface area contributed by atoms with Crippen LogP contribution in [0.4, 0.5) is 11.4 Å². The number of nitrogens with zero attached hydrogens (tertiary/aromatic N) is 3. The fourth-order valence-corrected chi connectivity index (χ4v) is 3.76. The molecule has 2 aromatic carbocycles. The summed E-state index contributed by atoms with van der Waals surface area (Å²) in [6.07, 6.45) is 3.07. The van der Waals surface area contributed by atoms with Gasteiger partial charge in [-0.25, -0.2) is 4.79 Å². The molecule has 0 spiro atoms. The number of ether oxygens (including phenoxy) is 1. The molecule has 0 radical (unpaired) electrons. The van der Waals surface area contributed by atoms with Gasteiger partial charge in [0.25, 0.3) is 11.8 Å². The molecule has 1 aromatic heterocycles. The maximum Gasteiger partial charge on any atom is 0.337 e. The van der Waals surface area contributed by atoms with Crippen molar-refractivity contribution >= 4 is 29.2 Å². The van der Waals surface area contributed by atoms with Gasteiger partial charge in [-0.3, -0.25) is 14.6 Å². The number of aromatic nitrogens is 1. The van der Waals surface area contributed by atoms with Gasteiger partial charge in [-0.15, -0.1) is 0 Å². The molecular formula is C25H24N4O4. The minimum Gasteiger partial charge on any atom is -0.465 e. The van der Waals surface area contributed by atoms with E-state index in [4.69, 9.17) is 4.74 Å². The number of hydrogen-bond donors (Lipinski definition) is 1. The largest absolute Gasteiger partial charge is 0.465 e. The summed E-state index contributed by atoms with van der Waals surface area (Å²) in [5, 5.41) is 2.89. The molecule has 0 aliphatic carbocycles. The van der Waals surface area contributed by atoms with Crippen molar-refractivity contribution in [2.75, 3.05) is 43.5 Å². The van der Waals surface area contributed by atoms with Crippen LogP contribution in [0.3, 0.4) is 0 Å². The number of hydrogen-bond acceptors (Lipinski definition) is 6. The van der Waals surface area contributed by atoms with Crippen LogP contribution in [0, 0.1) is 0 Å². The Hall–Kier alpha value is -4.20. The van der Waals surface area contributed by atoms with E-state index in [2.05, 4.69) is 15.2 Å². The molecule has 4 rings (SSSR count). The lowest BCUT2D eigenvalue weighted by Gasteiger charge is -2.37. The molecule has 1 aliphatic rings. The fraction of sp³-hybridized carbons (Fsp3) is 0.200. The lowest BCUT2D eigenvalue weighted by atomic mass is 10.1. The van der Waals surface area contributed by atoms with E-state index in [1.54, 1.807) is 36.5 Å². The summed E-state index contributed by atoms with van der Waals surface area (Å²) < 4.78 is 4.83. The summed E-state index contributed by atoms with van der Waals surface area (Å²) in [6, 6.07) is 17.6. The zero-order valence-corrected chi connectivity index (χ0v) is 18.2. The Morgan fingerprint density at radius 1 is 0.879 bits per heavy atom. The standard InChI is InChI=1S/C25H24N4O4/c1-33-25(32)19-9-10-22(21(16-19)27-23(30)20-8-5-11-26-17-20)28-12-14-29(15-13-28)24(31)18-6-3-2-4-7-18/h2-11,16-17H,12-15H2,1H3,(H,27,30). The summed E-state index contributed by atoms with van der Waals surface area (Å²) in [7, 11) is 1.31. The van der Waals surface area contributed by atoms with Gasteiger partial charge < -0.3 is 19.9 Å². The number of methoxy groups -OCH3 is 1. The lowest BCUT2D eigenvalue weighted by Crippen LogP contribution is -2.49. The molecule has 1 aliphatic heterocycles. The first kappa shape index (κ1) is 22.0. The molecular weight excluding hydrogens is 420 g/mol. The molecule has 0 atom stereocenters. The van der Waals surface area contributed by atoms with Crippen LogP contribution < -0.4 is 10.2 Å². The Balaban J connectivity index is 1.54. The third-order valence-electron chi connectivity index (χ3n) is 5.52. The second-order valence-electron chi connectivity index (χ2n) is 7.56. The summed E-state index contributed by atoms with van der Waals surface area (Å²) >= 11 is 0. The maximum atomic E-state index is 12.8. The van der Waals surface area contributed by atoms with Crippen LogP contribution in [0.5, 0.6) is 0 Å². The highest BCUT2D eigenvalue weighted by molar-refractivity contribution is 6.06. The van der Waals surface area contributed by atoms with Gasteiger partial charge in [0.1, 0.15) is 0 Å². The second-order valence-corrected chi connectivity index (χ2v) is 7.56. The van der Waals surface area contributed by atoms with Gasteiger partial charge in [-0.1, -0.05) is 18.2 Å². The smallest absolute Gasteiger partial charge is 0.337 e. The van der Waals surface area contributed by atoms with Crippen molar-refractivity contribution in [3.05, 3.63) is 89.7 Å². The molecule has 2 heterocycles. The number of carbonyl (C=O) groups is 3. The second kappa shape index (κ2) is 9.95. The Morgan fingerprint density at radius 2 is 1.61 bits per heavy atom. The molecule has 8 heteroatoms. The lowest BCUT2D eigenvalue weighted by molar-refractivity contribution is 0.0600. The van der Waals surface area contributed by atoms with E-state index in [9.17, 15) is 14.4 Å². The number of nitrogens with one attached hydrogen (secondary N) is 1. The Bertz CT molecular complexity index is 1140. The highest BCUT2D eigenvalue weighted by Gasteiger charge is 2.24. The van der Waals surface area contributed by atoms with E-state index in [-0.39, 0.29) is 11.8 Å². The zero-order valence-electron chi connectivity index (χ0n) is 18.2. The maximum absolute atomic E-state index is 12.8. The Morgan fingerprint density at radius 3 is 2.27 bits per heavy atom. The van der Waals surface area contributed by atoms with E-state index in [1.807, 2.05) is 35.2 Å². The summed E-state index contributed by atoms with van der Waals surface area (Å²) in [5.41, 5.74) is 2.67. The predicted molar refractivity (Wildman–Crippen MR) is 125 cm³/mol. The number of esters is 1. The molecule has 0 unspecified atom stereocenters. The first-order valence-electron chi connectivity index (χ1n) is 10.6. The SMILES string of the molecule is COC(=O)c1ccc(N2CCN(C(=O)c3ccccc3)CC2)c(NC(=O)c2cccnc2)c1. The van der Waals surface area contributed by atoms with E-state index < -0.39 is 5.97 Å². The number of rotatable bonds is 5. The highest BCUT2D eigenvalue weighted by Crippen LogP contribution is 2.29. The molecule has 1 saturated heterocycles. The minimum absolute atomic E-state index is 0.00129. The molecule has 0 saturated carbocycles. The van der Waals surface area contributed by atoms with Crippen LogP contribution in [-0.4, -0.2) is 61.0 Å². The van der Waals surface area contributed by atoms with E-state index in [1.165, 1.54) is 13.3 Å². The molecule has 8 nitrogen and oxygen atoms in total. The summed E-state index contributed by atoms with van der Waals surface area (Å²) in [6.45, 7) is 2.27. The van der Waals surface area contributed by atoms with Gasteiger partial charge in [0.05, 0.1) is 29.6 Å². The number of pyridine rings is 1. The van der Waals surface area contributed by atoms with Gasteiger partial charge in [-0.2, -0.15) is 0 Å².